The number of amides is 1. The summed E-state index contributed by atoms with van der Waals surface area (Å²) in [6.07, 6.45) is 2.17. The Labute approximate surface area is 109 Å². The maximum Gasteiger partial charge on any atom is 0.307 e. The minimum Gasteiger partial charge on any atom is -0.481 e. The molecule has 1 aliphatic carbocycles. The molecule has 4 nitrogen and oxygen atoms in total. The largest absolute Gasteiger partial charge is 0.481 e. The van der Waals surface area contributed by atoms with E-state index in [1.807, 2.05) is 6.92 Å². The number of hydrogen-bond acceptors (Lipinski definition) is 2. The lowest BCUT2D eigenvalue weighted by atomic mass is 9.85. The Bertz CT molecular complexity index is 332. The van der Waals surface area contributed by atoms with Crippen molar-refractivity contribution in [2.45, 2.75) is 53.0 Å². The molecule has 0 bridgehead atoms. The Morgan fingerprint density at radius 3 is 2.17 bits per heavy atom. The summed E-state index contributed by atoms with van der Waals surface area (Å²) < 4.78 is 0. The fraction of sp³-hybridized carbons (Fsp3) is 0.857. The Morgan fingerprint density at radius 1 is 1.22 bits per heavy atom. The average Bonchev–Trinajstić information content (AvgIpc) is 2.73. The van der Waals surface area contributed by atoms with Crippen LogP contribution in [0.15, 0.2) is 0 Å². The van der Waals surface area contributed by atoms with Gasteiger partial charge in [0, 0.05) is 13.1 Å². The minimum atomic E-state index is -0.831. The molecule has 0 aromatic rings. The highest BCUT2D eigenvalue weighted by Crippen LogP contribution is 2.34. The van der Waals surface area contributed by atoms with Gasteiger partial charge in [0.1, 0.15) is 0 Å². The van der Waals surface area contributed by atoms with Crippen molar-refractivity contribution >= 4 is 11.9 Å². The Balaban J connectivity index is 2.78. The van der Waals surface area contributed by atoms with Crippen LogP contribution < -0.4 is 0 Å². The molecule has 0 spiro atoms. The highest BCUT2D eigenvalue weighted by Gasteiger charge is 2.40. The predicted molar refractivity (Wildman–Crippen MR) is 70.2 cm³/mol. The molecule has 3 atom stereocenters. The second-order valence-corrected chi connectivity index (χ2v) is 6.47. The quantitative estimate of drug-likeness (QED) is 0.842. The molecule has 1 N–H and O–H groups in total. The topological polar surface area (TPSA) is 57.6 Å². The van der Waals surface area contributed by atoms with Crippen LogP contribution in [0.5, 0.6) is 0 Å². The number of carboxylic acids is 1. The second kappa shape index (κ2) is 5.29. The standard InChI is InChI=1S/C14H25NO3/c1-9(14(2,3)4)15(5)12(16)10-7-6-8-11(10)13(17)18/h9-11H,6-8H2,1-5H3,(H,17,18)/t9?,10-,11+/m1/s1. The van der Waals surface area contributed by atoms with Gasteiger partial charge >= 0.3 is 5.97 Å². The van der Waals surface area contributed by atoms with Gasteiger partial charge in [-0.1, -0.05) is 27.2 Å². The third-order valence-electron chi connectivity index (χ3n) is 4.33. The molecule has 0 aromatic carbocycles. The van der Waals surface area contributed by atoms with Gasteiger partial charge in [0.05, 0.1) is 11.8 Å². The Morgan fingerprint density at radius 2 is 1.72 bits per heavy atom. The first-order chi connectivity index (χ1) is 8.16. The van der Waals surface area contributed by atoms with Crippen molar-refractivity contribution in [1.29, 1.82) is 0 Å². The summed E-state index contributed by atoms with van der Waals surface area (Å²) in [6, 6.07) is 0.0973. The van der Waals surface area contributed by atoms with E-state index >= 15 is 0 Å². The molecule has 1 unspecified atom stereocenters. The van der Waals surface area contributed by atoms with Gasteiger partial charge in [-0.05, 0) is 25.2 Å². The zero-order chi connectivity index (χ0) is 14.1. The molecule has 4 heteroatoms. The Kier molecular flexibility index (Phi) is 4.41. The molecule has 1 saturated carbocycles. The number of aliphatic carboxylic acids is 1. The molecule has 0 heterocycles. The van der Waals surface area contributed by atoms with E-state index in [2.05, 4.69) is 20.8 Å². The van der Waals surface area contributed by atoms with Gasteiger partial charge in [-0.3, -0.25) is 9.59 Å². The molecule has 0 aliphatic heterocycles. The van der Waals surface area contributed by atoms with Crippen LogP contribution in [-0.2, 0) is 9.59 Å². The van der Waals surface area contributed by atoms with Crippen LogP contribution in [0, 0.1) is 17.3 Å². The minimum absolute atomic E-state index is 0.00172. The van der Waals surface area contributed by atoms with Crippen molar-refractivity contribution in [2.24, 2.45) is 17.3 Å². The molecule has 0 radical (unpaired) electrons. The molecule has 0 saturated heterocycles. The first-order valence-corrected chi connectivity index (χ1v) is 6.65. The number of carbonyl (C=O) groups excluding carboxylic acids is 1. The summed E-state index contributed by atoms with van der Waals surface area (Å²) in [5, 5.41) is 9.14. The highest BCUT2D eigenvalue weighted by atomic mass is 16.4. The molecule has 0 aromatic heterocycles. The van der Waals surface area contributed by atoms with Crippen LogP contribution in [0.2, 0.25) is 0 Å². The van der Waals surface area contributed by atoms with Gasteiger partial charge in [0.25, 0.3) is 0 Å². The lowest BCUT2D eigenvalue weighted by molar-refractivity contribution is -0.150. The highest BCUT2D eigenvalue weighted by molar-refractivity contribution is 5.85. The number of carbonyl (C=O) groups is 2. The van der Waals surface area contributed by atoms with E-state index in [1.165, 1.54) is 0 Å². The average molecular weight is 255 g/mol. The van der Waals surface area contributed by atoms with Gasteiger partial charge in [-0.2, -0.15) is 0 Å². The number of carboxylic acid groups (broad SMARTS) is 1. The first kappa shape index (κ1) is 15.0. The van der Waals surface area contributed by atoms with Crippen LogP contribution in [-0.4, -0.2) is 35.0 Å². The predicted octanol–water partition coefficient (Wildman–Crippen LogP) is 2.38. The molecule has 1 fully saturated rings. The second-order valence-electron chi connectivity index (χ2n) is 6.47. The summed E-state index contributed by atoms with van der Waals surface area (Å²) in [5.74, 6) is -1.67. The zero-order valence-corrected chi connectivity index (χ0v) is 12.1. The van der Waals surface area contributed by atoms with Gasteiger partial charge in [-0.25, -0.2) is 0 Å². The monoisotopic (exact) mass is 255 g/mol. The third-order valence-corrected chi connectivity index (χ3v) is 4.33. The van der Waals surface area contributed by atoms with E-state index in [0.29, 0.717) is 12.8 Å². The molecular weight excluding hydrogens is 230 g/mol. The van der Waals surface area contributed by atoms with Crippen LogP contribution in [0.4, 0.5) is 0 Å². The van der Waals surface area contributed by atoms with Crippen LogP contribution in [0.25, 0.3) is 0 Å². The molecule has 104 valence electrons. The lowest BCUT2D eigenvalue weighted by Gasteiger charge is -2.37. The fourth-order valence-corrected chi connectivity index (χ4v) is 2.58. The van der Waals surface area contributed by atoms with Gasteiger partial charge in [-0.15, -0.1) is 0 Å². The molecule has 1 aliphatic rings. The van der Waals surface area contributed by atoms with E-state index in [-0.39, 0.29) is 23.3 Å². The summed E-state index contributed by atoms with van der Waals surface area (Å²) in [4.78, 5) is 25.3. The van der Waals surface area contributed by atoms with Crippen molar-refractivity contribution in [1.82, 2.24) is 4.90 Å². The first-order valence-electron chi connectivity index (χ1n) is 6.65. The third kappa shape index (κ3) is 3.03. The molecule has 1 rings (SSSR count). The SMILES string of the molecule is CC(N(C)C(=O)[C@@H]1CCC[C@@H]1C(=O)O)C(C)(C)C. The number of rotatable bonds is 3. The molecular formula is C14H25NO3. The smallest absolute Gasteiger partial charge is 0.307 e. The van der Waals surface area contributed by atoms with Crippen LogP contribution in [0.1, 0.15) is 47.0 Å². The van der Waals surface area contributed by atoms with Gasteiger partial charge < -0.3 is 10.0 Å². The van der Waals surface area contributed by atoms with Crippen molar-refractivity contribution in [2.75, 3.05) is 7.05 Å². The Hall–Kier alpha value is -1.06. The van der Waals surface area contributed by atoms with Gasteiger partial charge in [0.15, 0.2) is 0 Å². The zero-order valence-electron chi connectivity index (χ0n) is 12.1. The molecule has 1 amide bonds. The summed E-state index contributed by atoms with van der Waals surface area (Å²) in [6.45, 7) is 8.28. The van der Waals surface area contributed by atoms with Crippen molar-refractivity contribution in [3.8, 4) is 0 Å². The van der Waals surface area contributed by atoms with Crippen molar-refractivity contribution in [3.63, 3.8) is 0 Å². The fourth-order valence-electron chi connectivity index (χ4n) is 2.58. The number of hydrogen-bond donors (Lipinski definition) is 1. The summed E-state index contributed by atoms with van der Waals surface area (Å²) in [5.41, 5.74) is 0.00172. The van der Waals surface area contributed by atoms with Crippen molar-refractivity contribution < 1.29 is 14.7 Å². The van der Waals surface area contributed by atoms with E-state index < -0.39 is 11.9 Å². The number of nitrogens with zero attached hydrogens (tertiary/aromatic N) is 1. The normalized spacial score (nSPS) is 25.8. The van der Waals surface area contributed by atoms with E-state index in [4.69, 9.17) is 5.11 Å². The van der Waals surface area contributed by atoms with E-state index in [9.17, 15) is 9.59 Å². The maximum atomic E-state index is 12.4. The maximum absolute atomic E-state index is 12.4. The molecule has 18 heavy (non-hydrogen) atoms. The summed E-state index contributed by atoms with van der Waals surface area (Å²) in [7, 11) is 1.79. The summed E-state index contributed by atoms with van der Waals surface area (Å²) >= 11 is 0. The van der Waals surface area contributed by atoms with Crippen molar-refractivity contribution in [3.05, 3.63) is 0 Å². The van der Waals surface area contributed by atoms with Gasteiger partial charge in [0.2, 0.25) is 5.91 Å². The van der Waals surface area contributed by atoms with Crippen LogP contribution >= 0.6 is 0 Å². The van der Waals surface area contributed by atoms with Crippen LogP contribution in [0.3, 0.4) is 0 Å². The van der Waals surface area contributed by atoms with E-state index in [1.54, 1.807) is 11.9 Å². The van der Waals surface area contributed by atoms with E-state index in [0.717, 1.165) is 6.42 Å². The lowest BCUT2D eigenvalue weighted by Crippen LogP contribution is -2.46.